The van der Waals surface area contributed by atoms with Gasteiger partial charge in [0, 0.05) is 86.3 Å². The normalized spacial score (nSPS) is 21.5. The molecule has 12 N–H and O–H groups in total. The van der Waals surface area contributed by atoms with E-state index in [9.17, 15) is 35.4 Å². The van der Waals surface area contributed by atoms with E-state index in [4.69, 9.17) is 24.7 Å². The lowest BCUT2D eigenvalue weighted by atomic mass is 9.70. The average Bonchev–Trinajstić information content (AvgIpc) is 0.828. The van der Waals surface area contributed by atoms with Gasteiger partial charge in [-0.2, -0.15) is 0 Å². The van der Waals surface area contributed by atoms with Crippen LogP contribution in [0.25, 0.3) is 16.8 Å². The van der Waals surface area contributed by atoms with Crippen LogP contribution in [0.1, 0.15) is 178 Å². The van der Waals surface area contributed by atoms with Gasteiger partial charge in [0.1, 0.15) is 36.1 Å². The number of phenolic OH excluding ortho intramolecular Hbond substituents is 1. The molecule has 0 spiro atoms. The Bertz CT molecular complexity index is 3590. The third-order valence-corrected chi connectivity index (χ3v) is 19.8. The highest BCUT2D eigenvalue weighted by molar-refractivity contribution is 6.01. The first kappa shape index (κ1) is 72.0. The number of carbonyl (C=O) groups excluding carboxylic acids is 1. The molecule has 4 heterocycles. The third kappa shape index (κ3) is 18.7. The van der Waals surface area contributed by atoms with Crippen LogP contribution >= 0.6 is 0 Å². The molecule has 2 aliphatic carbocycles. The number of aliphatic hydroxyl groups is 5. The van der Waals surface area contributed by atoms with E-state index in [0.717, 1.165) is 77.5 Å². The minimum Gasteiger partial charge on any atom is -0.508 e. The first-order chi connectivity index (χ1) is 46.0. The standard InChI is InChI=1S/C78H104N6O11/c1-8-10-11-18-60-53(16-13-19-69(60)84-78(79)81-6)24-21-52(46-85)35-55-38-65-57(45-83-74(9-2)82-44-49(4)86)39-64(54-17-12-15-50(34-54)28-32-93-31-14-30-80-5)62-29-33-94-59(37-56(55)40-70(65)88)41-58(87)25-22-51-23-27-72(92-7)73(36-51)95-47-68-61-26-20-48(3)63-43-71(89)76(62)67(75(61)63)42-66(68)77(90)91/h12-13,15-17,19-20,23,26-27,34,36,38,40,42-43,48-49,52,55-57,59,62,64,74,77,80,82-83,85-86,88-91H,8-11,14,18,21-22,24-25,28,30-32,35,37,39,41,44-47H2,1-7H3,(H3,79,81,84)/t48-,49+,52+,55+,56+,57+,59+,62+,64-,74-/m1/s1. The number of benzene rings is 5. The summed E-state index contributed by atoms with van der Waals surface area (Å²) in [6.45, 7) is 10.6. The Kier molecular flexibility index (Phi) is 26.6. The van der Waals surface area contributed by atoms with E-state index in [0.29, 0.717) is 117 Å². The second-order valence-electron chi connectivity index (χ2n) is 26.6. The smallest absolute Gasteiger partial charge is 0.192 e. The highest BCUT2D eigenvalue weighted by Gasteiger charge is 2.39. The predicted octanol–water partition coefficient (Wildman–Crippen LogP) is 11.6. The zero-order valence-electron chi connectivity index (χ0n) is 56.9. The van der Waals surface area contributed by atoms with Crippen molar-refractivity contribution in [1.82, 2.24) is 16.0 Å². The van der Waals surface area contributed by atoms with Crippen molar-refractivity contribution in [3.63, 3.8) is 0 Å². The number of aliphatic hydroxyl groups excluding tert-OH is 4. The SMILES string of the molecule is CCCCCc1c(CC[C@H](CO)C[C@H]2C=C3C(O)=C[C@@H]2C[C@H]2CC(=O)CCc4ccc(OC)c(c4)OCc4c(C(O)O)cc5c(c(O)cc6c5c4C=C[C@H]6C)[C@@H](C#CO2)[C@@H](c2cccc(CCOCCCNC)c2)C[C@H]3CN[C@H](CC)NC[C@H](C)O)cccc1NC(N)=NC. The molecular formula is C78H104N6O11. The molecule has 0 amide bonds. The average molecular weight is 1300 g/mol. The molecule has 0 saturated carbocycles. The number of ketones is 1. The van der Waals surface area contributed by atoms with E-state index < -0.39 is 36.3 Å². The fourth-order valence-corrected chi connectivity index (χ4v) is 14.6. The van der Waals surface area contributed by atoms with Gasteiger partial charge in [0.25, 0.3) is 0 Å². The van der Waals surface area contributed by atoms with Crippen LogP contribution in [0.5, 0.6) is 17.2 Å². The van der Waals surface area contributed by atoms with E-state index in [2.05, 4.69) is 89.4 Å². The van der Waals surface area contributed by atoms with Crippen molar-refractivity contribution in [2.45, 2.75) is 173 Å². The minimum atomic E-state index is -1.96. The van der Waals surface area contributed by atoms with Crippen LogP contribution in [0, 0.1) is 35.7 Å². The van der Waals surface area contributed by atoms with Crippen LogP contribution in [-0.4, -0.2) is 121 Å². The number of allylic oxidation sites excluding steroid dienone is 4. The number of phenols is 1. The lowest BCUT2D eigenvalue weighted by Gasteiger charge is -2.36. The van der Waals surface area contributed by atoms with Crippen LogP contribution in [0.15, 0.2) is 107 Å². The van der Waals surface area contributed by atoms with Gasteiger partial charge in [-0.1, -0.05) is 100 Å². The summed E-state index contributed by atoms with van der Waals surface area (Å²) < 4.78 is 25.6. The van der Waals surface area contributed by atoms with Crippen LogP contribution in [0.2, 0.25) is 0 Å². The largest absolute Gasteiger partial charge is 0.508 e. The zero-order valence-corrected chi connectivity index (χ0v) is 56.9. The van der Waals surface area contributed by atoms with Gasteiger partial charge in [0.2, 0.25) is 0 Å². The van der Waals surface area contributed by atoms with E-state index >= 15 is 0 Å². The molecule has 5 aromatic rings. The highest BCUT2D eigenvalue weighted by atomic mass is 16.5. The molecule has 5 aromatic carbocycles. The first-order valence-corrected chi connectivity index (χ1v) is 34.7. The number of nitrogens with one attached hydrogen (secondary N) is 4. The molecular weight excluding hydrogens is 1200 g/mol. The molecule has 0 unspecified atom stereocenters. The lowest BCUT2D eigenvalue weighted by Crippen LogP contribution is -2.46. The van der Waals surface area contributed by atoms with Crippen molar-refractivity contribution >= 4 is 34.3 Å². The molecule has 0 aromatic heterocycles. The Morgan fingerprint density at radius 1 is 0.937 bits per heavy atom. The number of aliphatic imine (C=N–C) groups is 1. The number of hydrogen-bond acceptors (Lipinski definition) is 15. The maximum atomic E-state index is 14.7. The van der Waals surface area contributed by atoms with E-state index in [1.807, 2.05) is 67.7 Å². The lowest BCUT2D eigenvalue weighted by molar-refractivity contribution is -0.121. The van der Waals surface area contributed by atoms with Crippen molar-refractivity contribution in [3.8, 4) is 29.3 Å². The Balaban J connectivity index is 1.25. The number of methoxy groups -OCH3 is 1. The molecule has 4 aliphatic heterocycles. The third-order valence-electron chi connectivity index (χ3n) is 19.8. The van der Waals surface area contributed by atoms with Crippen molar-refractivity contribution in [2.75, 3.05) is 66.0 Å². The molecule has 10 atom stereocenters. The van der Waals surface area contributed by atoms with E-state index in [1.165, 1.54) is 11.1 Å². The monoisotopic (exact) mass is 1300 g/mol. The Morgan fingerprint density at radius 3 is 2.53 bits per heavy atom. The fraction of sp³-hybridized carbons (Fsp3) is 0.513. The first-order valence-electron chi connectivity index (χ1n) is 34.7. The molecule has 512 valence electrons. The van der Waals surface area contributed by atoms with Crippen molar-refractivity contribution in [2.24, 2.45) is 34.4 Å². The summed E-state index contributed by atoms with van der Waals surface area (Å²) >= 11 is 0. The molecule has 17 nitrogen and oxygen atoms in total. The molecule has 10 bridgehead atoms. The molecule has 17 heteroatoms. The molecule has 11 rings (SSSR count). The number of carbonyl (C=O) groups is 1. The number of ether oxygens (including phenoxy) is 4. The number of hydrogen-bond donors (Lipinski definition) is 11. The van der Waals surface area contributed by atoms with Gasteiger partial charge in [-0.15, -0.1) is 0 Å². The van der Waals surface area contributed by atoms with Crippen LogP contribution in [0.4, 0.5) is 5.69 Å². The van der Waals surface area contributed by atoms with Gasteiger partial charge in [0.05, 0.1) is 31.9 Å². The van der Waals surface area contributed by atoms with Gasteiger partial charge in [-0.3, -0.25) is 15.1 Å². The number of nitrogens with zero attached hydrogens (tertiary/aromatic N) is 1. The molecule has 0 fully saturated rings. The molecule has 95 heavy (non-hydrogen) atoms. The van der Waals surface area contributed by atoms with Gasteiger partial charge >= 0.3 is 0 Å². The summed E-state index contributed by atoms with van der Waals surface area (Å²) in [4.78, 5) is 18.9. The van der Waals surface area contributed by atoms with Gasteiger partial charge in [-0.25, -0.2) is 0 Å². The Labute approximate surface area is 562 Å². The number of nitrogens with two attached hydrogens (primary N) is 1. The Morgan fingerprint density at radius 2 is 1.77 bits per heavy atom. The summed E-state index contributed by atoms with van der Waals surface area (Å²) in [5.74, 6) is 2.14. The summed E-state index contributed by atoms with van der Waals surface area (Å²) in [6.07, 6.45) is 17.3. The summed E-state index contributed by atoms with van der Waals surface area (Å²) in [6, 6.07) is 23.9. The predicted molar refractivity (Wildman–Crippen MR) is 378 cm³/mol. The van der Waals surface area contributed by atoms with Crippen LogP contribution in [-0.2, 0) is 46.6 Å². The summed E-state index contributed by atoms with van der Waals surface area (Å²) in [7, 11) is 5.16. The van der Waals surface area contributed by atoms with E-state index in [1.54, 1.807) is 27.1 Å². The quantitative estimate of drug-likeness (QED) is 0.00731. The number of guanidine groups is 1. The summed E-state index contributed by atoms with van der Waals surface area (Å²) in [5.41, 5.74) is 15.8. The number of aromatic hydroxyl groups is 1. The Hall–Kier alpha value is -7.24. The second kappa shape index (κ2) is 35.1. The van der Waals surface area contributed by atoms with Gasteiger partial charge in [0.15, 0.2) is 23.7 Å². The maximum absolute atomic E-state index is 14.7. The maximum Gasteiger partial charge on any atom is 0.192 e. The van der Waals surface area contributed by atoms with Crippen molar-refractivity contribution in [1.29, 1.82) is 0 Å². The molecule has 0 radical (unpaired) electrons. The van der Waals surface area contributed by atoms with Crippen LogP contribution < -0.4 is 36.5 Å². The highest BCUT2D eigenvalue weighted by Crippen LogP contribution is 2.51. The molecule has 6 aliphatic rings. The van der Waals surface area contributed by atoms with Crippen molar-refractivity contribution in [3.05, 3.63) is 158 Å². The zero-order chi connectivity index (χ0) is 67.5. The fourth-order valence-electron chi connectivity index (χ4n) is 14.6. The number of fused-ring (bicyclic) bond motifs is 8. The van der Waals surface area contributed by atoms with Crippen molar-refractivity contribution < 1.29 is 54.4 Å². The van der Waals surface area contributed by atoms with Gasteiger partial charge in [-0.05, 0) is 201 Å². The number of anilines is 1. The number of Topliss-reactive ketones (excluding diaryl/α,β-unsaturated/α-hetero) is 1. The topological polar surface area (TPSA) is 262 Å². The molecule has 0 saturated heterocycles. The number of aryl methyl sites for hydroxylation is 2. The van der Waals surface area contributed by atoms with E-state index in [-0.39, 0.29) is 78.7 Å². The second-order valence-corrected chi connectivity index (χ2v) is 26.6. The number of unbranched alkanes of at least 4 members (excludes halogenated alkanes) is 2. The van der Waals surface area contributed by atoms with Crippen LogP contribution in [0.3, 0.4) is 0 Å². The number of rotatable bonds is 28. The van der Waals surface area contributed by atoms with Gasteiger partial charge < -0.3 is 71.3 Å². The summed E-state index contributed by atoms with van der Waals surface area (Å²) in [5, 5.41) is 86.6. The minimum absolute atomic E-state index is 0.0126.